The van der Waals surface area contributed by atoms with Crippen LogP contribution in [0, 0.1) is 27.7 Å². The van der Waals surface area contributed by atoms with Gasteiger partial charge in [-0.1, -0.05) is 17.7 Å². The summed E-state index contributed by atoms with van der Waals surface area (Å²) in [5, 5.41) is 0. The number of nitrogens with two attached hydrogens (primary N) is 1. The molecule has 3 nitrogen and oxygen atoms in total. The van der Waals surface area contributed by atoms with Crippen molar-refractivity contribution in [3.8, 4) is 5.75 Å². The van der Waals surface area contributed by atoms with Crippen molar-refractivity contribution in [2.24, 2.45) is 5.73 Å². The van der Waals surface area contributed by atoms with Gasteiger partial charge in [-0.05, 0) is 63.1 Å². The number of benzene rings is 1. The van der Waals surface area contributed by atoms with Crippen LogP contribution in [0.4, 0.5) is 0 Å². The van der Waals surface area contributed by atoms with E-state index in [0.29, 0.717) is 13.2 Å². The minimum absolute atomic E-state index is 0.570. The van der Waals surface area contributed by atoms with E-state index in [-0.39, 0.29) is 0 Å². The predicted molar refractivity (Wildman–Crippen MR) is 86.7 cm³/mol. The number of aryl methyl sites for hydroxylation is 4. The van der Waals surface area contributed by atoms with Gasteiger partial charge in [0.15, 0.2) is 0 Å². The lowest BCUT2D eigenvalue weighted by atomic mass is 10.0. The quantitative estimate of drug-likeness (QED) is 0.915. The van der Waals surface area contributed by atoms with Gasteiger partial charge in [-0.25, -0.2) is 0 Å². The third-order valence-corrected chi connectivity index (χ3v) is 3.67. The summed E-state index contributed by atoms with van der Waals surface area (Å²) in [5.41, 5.74) is 12.7. The maximum Gasteiger partial charge on any atom is 0.141 e. The van der Waals surface area contributed by atoms with Crippen LogP contribution in [0.1, 0.15) is 33.6 Å². The lowest BCUT2D eigenvalue weighted by molar-refractivity contribution is 0.299. The Bertz CT molecular complexity index is 612. The van der Waals surface area contributed by atoms with Crippen LogP contribution in [-0.4, -0.2) is 11.5 Å². The SMILES string of the molecule is Cc1cc(C)c(COc2ccc(C)nc2CCN)c(C)c1. The topological polar surface area (TPSA) is 48.1 Å². The molecule has 21 heavy (non-hydrogen) atoms. The fourth-order valence-corrected chi connectivity index (χ4v) is 2.63. The molecule has 0 fully saturated rings. The molecule has 0 aliphatic heterocycles. The summed E-state index contributed by atoms with van der Waals surface area (Å²) in [6, 6.07) is 8.36. The maximum atomic E-state index is 6.01. The molecule has 0 aliphatic carbocycles. The monoisotopic (exact) mass is 284 g/mol. The van der Waals surface area contributed by atoms with E-state index in [1.54, 1.807) is 0 Å². The molecule has 0 saturated carbocycles. The van der Waals surface area contributed by atoms with Crippen LogP contribution < -0.4 is 10.5 Å². The van der Waals surface area contributed by atoms with E-state index in [1.807, 2.05) is 19.1 Å². The Morgan fingerprint density at radius 1 is 1.05 bits per heavy atom. The number of ether oxygens (including phenoxy) is 1. The maximum absolute atomic E-state index is 6.01. The summed E-state index contributed by atoms with van der Waals surface area (Å²) in [7, 11) is 0. The molecule has 0 saturated heterocycles. The second-order valence-electron chi connectivity index (χ2n) is 5.60. The molecule has 0 radical (unpaired) electrons. The van der Waals surface area contributed by atoms with E-state index < -0.39 is 0 Å². The molecule has 112 valence electrons. The molecule has 0 amide bonds. The van der Waals surface area contributed by atoms with Crippen molar-refractivity contribution < 1.29 is 4.74 Å². The van der Waals surface area contributed by atoms with Crippen LogP contribution in [0.15, 0.2) is 24.3 Å². The summed E-state index contributed by atoms with van der Waals surface area (Å²) in [6.45, 7) is 9.52. The molecular formula is C18H24N2O. The van der Waals surface area contributed by atoms with Gasteiger partial charge in [-0.2, -0.15) is 0 Å². The van der Waals surface area contributed by atoms with E-state index >= 15 is 0 Å². The van der Waals surface area contributed by atoms with Gasteiger partial charge >= 0.3 is 0 Å². The lowest BCUT2D eigenvalue weighted by Gasteiger charge is -2.15. The Morgan fingerprint density at radius 2 is 1.71 bits per heavy atom. The third kappa shape index (κ3) is 3.82. The van der Waals surface area contributed by atoms with Crippen LogP contribution in [0.2, 0.25) is 0 Å². The molecule has 0 bridgehead atoms. The Balaban J connectivity index is 2.20. The molecule has 1 heterocycles. The first-order chi connectivity index (χ1) is 10.0. The fraction of sp³-hybridized carbons (Fsp3) is 0.389. The normalized spacial score (nSPS) is 10.7. The molecular weight excluding hydrogens is 260 g/mol. The molecule has 2 aromatic rings. The zero-order valence-electron chi connectivity index (χ0n) is 13.4. The number of hydrogen-bond donors (Lipinski definition) is 1. The van der Waals surface area contributed by atoms with Crippen LogP contribution in [0.3, 0.4) is 0 Å². The highest BCUT2D eigenvalue weighted by molar-refractivity contribution is 5.38. The van der Waals surface area contributed by atoms with Crippen molar-refractivity contribution in [2.45, 2.75) is 40.7 Å². The largest absolute Gasteiger partial charge is 0.487 e. The Morgan fingerprint density at radius 3 is 2.33 bits per heavy atom. The van der Waals surface area contributed by atoms with E-state index in [4.69, 9.17) is 10.5 Å². The van der Waals surface area contributed by atoms with Gasteiger partial charge in [0.05, 0.1) is 5.69 Å². The number of rotatable bonds is 5. The van der Waals surface area contributed by atoms with E-state index in [9.17, 15) is 0 Å². The van der Waals surface area contributed by atoms with Crippen molar-refractivity contribution in [2.75, 3.05) is 6.54 Å². The highest BCUT2D eigenvalue weighted by atomic mass is 16.5. The zero-order valence-corrected chi connectivity index (χ0v) is 13.4. The predicted octanol–water partition coefficient (Wildman–Crippen LogP) is 3.40. The Kier molecular flexibility index (Phi) is 4.97. The van der Waals surface area contributed by atoms with Gasteiger partial charge in [0.2, 0.25) is 0 Å². The molecule has 1 aromatic heterocycles. The number of hydrogen-bond acceptors (Lipinski definition) is 3. The standard InChI is InChI=1S/C18H24N2O/c1-12-9-13(2)16(14(3)10-12)11-21-18-6-5-15(4)20-17(18)7-8-19/h5-6,9-10H,7-8,11,19H2,1-4H3. The summed E-state index contributed by atoms with van der Waals surface area (Å²) < 4.78 is 6.01. The molecule has 0 atom stereocenters. The van der Waals surface area contributed by atoms with Gasteiger partial charge in [-0.3, -0.25) is 4.98 Å². The van der Waals surface area contributed by atoms with E-state index in [2.05, 4.69) is 37.9 Å². The fourth-order valence-electron chi connectivity index (χ4n) is 2.63. The Hall–Kier alpha value is -1.87. The van der Waals surface area contributed by atoms with E-state index in [0.717, 1.165) is 23.6 Å². The van der Waals surface area contributed by atoms with Gasteiger partial charge in [-0.15, -0.1) is 0 Å². The minimum atomic E-state index is 0.570. The second kappa shape index (κ2) is 6.72. The highest BCUT2D eigenvalue weighted by Gasteiger charge is 2.09. The molecule has 2 rings (SSSR count). The molecule has 2 N–H and O–H groups in total. The van der Waals surface area contributed by atoms with Crippen LogP contribution in [0.5, 0.6) is 5.75 Å². The van der Waals surface area contributed by atoms with Crippen molar-refractivity contribution in [1.82, 2.24) is 4.98 Å². The molecule has 3 heteroatoms. The lowest BCUT2D eigenvalue weighted by Crippen LogP contribution is -2.09. The van der Waals surface area contributed by atoms with Gasteiger partial charge in [0, 0.05) is 12.1 Å². The summed E-state index contributed by atoms with van der Waals surface area (Å²) in [4.78, 5) is 4.53. The summed E-state index contributed by atoms with van der Waals surface area (Å²) in [6.07, 6.45) is 0.739. The summed E-state index contributed by atoms with van der Waals surface area (Å²) in [5.74, 6) is 0.838. The van der Waals surface area contributed by atoms with Gasteiger partial charge in [0.1, 0.15) is 12.4 Å². The Labute approximate surface area is 127 Å². The third-order valence-electron chi connectivity index (χ3n) is 3.67. The van der Waals surface area contributed by atoms with Crippen molar-refractivity contribution in [3.05, 3.63) is 57.9 Å². The van der Waals surface area contributed by atoms with Crippen molar-refractivity contribution in [3.63, 3.8) is 0 Å². The van der Waals surface area contributed by atoms with Gasteiger partial charge < -0.3 is 10.5 Å². The first kappa shape index (κ1) is 15.5. The molecule has 0 spiro atoms. The van der Waals surface area contributed by atoms with Crippen LogP contribution >= 0.6 is 0 Å². The first-order valence-electron chi connectivity index (χ1n) is 7.37. The minimum Gasteiger partial charge on any atom is -0.487 e. The van der Waals surface area contributed by atoms with Crippen LogP contribution in [-0.2, 0) is 13.0 Å². The molecule has 1 aromatic carbocycles. The number of nitrogens with zero attached hydrogens (tertiary/aromatic N) is 1. The first-order valence-corrected chi connectivity index (χ1v) is 7.37. The van der Waals surface area contributed by atoms with Crippen LogP contribution in [0.25, 0.3) is 0 Å². The summed E-state index contributed by atoms with van der Waals surface area (Å²) >= 11 is 0. The van der Waals surface area contributed by atoms with Gasteiger partial charge in [0.25, 0.3) is 0 Å². The number of pyridine rings is 1. The van der Waals surface area contributed by atoms with E-state index in [1.165, 1.54) is 22.3 Å². The van der Waals surface area contributed by atoms with Crippen molar-refractivity contribution in [1.29, 1.82) is 0 Å². The van der Waals surface area contributed by atoms with Crippen molar-refractivity contribution >= 4 is 0 Å². The zero-order chi connectivity index (χ0) is 15.4. The molecule has 0 unspecified atom stereocenters. The average Bonchev–Trinajstić information content (AvgIpc) is 2.40. The smallest absolute Gasteiger partial charge is 0.141 e. The highest BCUT2D eigenvalue weighted by Crippen LogP contribution is 2.22. The average molecular weight is 284 g/mol. The molecule has 0 aliphatic rings. The second-order valence-corrected chi connectivity index (χ2v) is 5.60. The number of aromatic nitrogens is 1.